The van der Waals surface area contributed by atoms with Gasteiger partial charge in [0.25, 0.3) is 0 Å². The molecule has 3 aliphatic carbocycles. The van der Waals surface area contributed by atoms with Crippen LogP contribution in [0.1, 0.15) is 71.6 Å². The quantitative estimate of drug-likeness (QED) is 0.579. The Hall–Kier alpha value is 0. The van der Waals surface area contributed by atoms with Crippen LogP contribution >= 0.6 is 0 Å². The van der Waals surface area contributed by atoms with Crippen molar-refractivity contribution in [3.63, 3.8) is 0 Å². The van der Waals surface area contributed by atoms with E-state index in [4.69, 9.17) is 0 Å². The van der Waals surface area contributed by atoms with Gasteiger partial charge in [-0.05, 0) is 61.2 Å². The van der Waals surface area contributed by atoms with Crippen LogP contribution in [0, 0.1) is 35.5 Å². The zero-order valence-electron chi connectivity index (χ0n) is 11.8. The van der Waals surface area contributed by atoms with Gasteiger partial charge >= 0.3 is 0 Å². The van der Waals surface area contributed by atoms with E-state index in [1.807, 2.05) is 0 Å². The van der Waals surface area contributed by atoms with Crippen LogP contribution < -0.4 is 0 Å². The summed E-state index contributed by atoms with van der Waals surface area (Å²) in [6.45, 7) is 5.14. The molecule has 0 aromatic heterocycles. The SMILES string of the molecule is CC1CCCCC1C1CCC2CCCC2C1C. The number of fused-ring (bicyclic) bond motifs is 1. The predicted molar refractivity (Wildman–Crippen MR) is 73.8 cm³/mol. The molecule has 17 heavy (non-hydrogen) atoms. The molecule has 6 unspecified atom stereocenters. The molecule has 3 rings (SSSR count). The smallest absolute Gasteiger partial charge is 0.0355 e. The summed E-state index contributed by atoms with van der Waals surface area (Å²) >= 11 is 0. The Balaban J connectivity index is 1.70. The van der Waals surface area contributed by atoms with E-state index in [0.717, 1.165) is 35.5 Å². The average molecular weight is 234 g/mol. The Morgan fingerprint density at radius 1 is 0.588 bits per heavy atom. The molecular weight excluding hydrogens is 204 g/mol. The average Bonchev–Trinajstić information content (AvgIpc) is 2.80. The second-order valence-corrected chi connectivity index (χ2v) is 7.38. The maximum Gasteiger partial charge on any atom is -0.0355 e. The molecular formula is C17H30. The van der Waals surface area contributed by atoms with E-state index in [2.05, 4.69) is 13.8 Å². The van der Waals surface area contributed by atoms with Crippen molar-refractivity contribution < 1.29 is 0 Å². The van der Waals surface area contributed by atoms with Gasteiger partial charge in [-0.2, -0.15) is 0 Å². The molecule has 0 nitrogen and oxygen atoms in total. The molecule has 0 amide bonds. The number of hydrogen-bond acceptors (Lipinski definition) is 0. The van der Waals surface area contributed by atoms with Gasteiger partial charge in [0.15, 0.2) is 0 Å². The fraction of sp³-hybridized carbons (Fsp3) is 1.00. The third-order valence-corrected chi connectivity index (χ3v) is 6.67. The Bertz CT molecular complexity index is 257. The lowest BCUT2D eigenvalue weighted by Crippen LogP contribution is -2.37. The van der Waals surface area contributed by atoms with Gasteiger partial charge in [-0.3, -0.25) is 0 Å². The third-order valence-electron chi connectivity index (χ3n) is 6.67. The summed E-state index contributed by atoms with van der Waals surface area (Å²) in [6, 6.07) is 0. The highest BCUT2D eigenvalue weighted by atomic mass is 14.5. The standard InChI is InChI=1S/C17H30/c1-12-6-3-4-8-15(12)17-11-10-14-7-5-9-16(14)13(17)2/h12-17H,3-11H2,1-2H3. The van der Waals surface area contributed by atoms with Gasteiger partial charge in [-0.1, -0.05) is 46.0 Å². The summed E-state index contributed by atoms with van der Waals surface area (Å²) in [6.07, 6.45) is 13.9. The molecule has 98 valence electrons. The molecule has 0 radical (unpaired) electrons. The van der Waals surface area contributed by atoms with Crippen LogP contribution in [0.2, 0.25) is 0 Å². The van der Waals surface area contributed by atoms with Crippen molar-refractivity contribution >= 4 is 0 Å². The van der Waals surface area contributed by atoms with Gasteiger partial charge < -0.3 is 0 Å². The van der Waals surface area contributed by atoms with Crippen LogP contribution in [-0.2, 0) is 0 Å². The summed E-state index contributed by atoms with van der Waals surface area (Å²) in [7, 11) is 0. The largest absolute Gasteiger partial charge is 0.0622 e. The van der Waals surface area contributed by atoms with Crippen LogP contribution in [0.3, 0.4) is 0 Å². The van der Waals surface area contributed by atoms with E-state index in [1.54, 1.807) is 32.1 Å². The zero-order chi connectivity index (χ0) is 11.8. The van der Waals surface area contributed by atoms with Crippen molar-refractivity contribution in [2.24, 2.45) is 35.5 Å². The third kappa shape index (κ3) is 2.17. The molecule has 6 atom stereocenters. The second kappa shape index (κ2) is 4.94. The molecule has 0 spiro atoms. The van der Waals surface area contributed by atoms with Crippen LogP contribution in [0.5, 0.6) is 0 Å². The van der Waals surface area contributed by atoms with E-state index in [9.17, 15) is 0 Å². The summed E-state index contributed by atoms with van der Waals surface area (Å²) in [5.41, 5.74) is 0. The molecule has 3 aliphatic rings. The fourth-order valence-electron chi connectivity index (χ4n) is 5.69. The number of rotatable bonds is 1. The topological polar surface area (TPSA) is 0 Å². The molecule has 3 saturated carbocycles. The Morgan fingerprint density at radius 3 is 2.18 bits per heavy atom. The number of hydrogen-bond donors (Lipinski definition) is 0. The van der Waals surface area contributed by atoms with Gasteiger partial charge in [-0.25, -0.2) is 0 Å². The lowest BCUT2D eigenvalue weighted by molar-refractivity contribution is 0.0416. The minimum Gasteiger partial charge on any atom is -0.0622 e. The van der Waals surface area contributed by atoms with Crippen LogP contribution in [-0.4, -0.2) is 0 Å². The molecule has 0 aromatic carbocycles. The van der Waals surface area contributed by atoms with Crippen molar-refractivity contribution in [1.82, 2.24) is 0 Å². The molecule has 0 bridgehead atoms. The highest BCUT2D eigenvalue weighted by molar-refractivity contribution is 4.93. The molecule has 0 N–H and O–H groups in total. The van der Waals surface area contributed by atoms with Crippen molar-refractivity contribution in [2.45, 2.75) is 71.6 Å². The summed E-state index contributed by atoms with van der Waals surface area (Å²) in [4.78, 5) is 0. The van der Waals surface area contributed by atoms with Crippen LogP contribution in [0.25, 0.3) is 0 Å². The van der Waals surface area contributed by atoms with Gasteiger partial charge in [0, 0.05) is 0 Å². The second-order valence-electron chi connectivity index (χ2n) is 7.38. The first-order valence-electron chi connectivity index (χ1n) is 8.27. The monoisotopic (exact) mass is 234 g/mol. The Kier molecular flexibility index (Phi) is 3.50. The molecule has 3 fully saturated rings. The molecule has 0 heterocycles. The Morgan fingerprint density at radius 2 is 1.35 bits per heavy atom. The van der Waals surface area contributed by atoms with E-state index in [0.29, 0.717) is 0 Å². The first-order valence-corrected chi connectivity index (χ1v) is 8.27. The van der Waals surface area contributed by atoms with Gasteiger partial charge in [0.2, 0.25) is 0 Å². The minimum absolute atomic E-state index is 1.02. The summed E-state index contributed by atoms with van der Waals surface area (Å²) in [5.74, 6) is 6.48. The van der Waals surface area contributed by atoms with E-state index in [1.165, 1.54) is 25.7 Å². The highest BCUT2D eigenvalue weighted by Crippen LogP contribution is 2.52. The molecule has 0 saturated heterocycles. The zero-order valence-corrected chi connectivity index (χ0v) is 11.8. The van der Waals surface area contributed by atoms with Crippen molar-refractivity contribution in [2.75, 3.05) is 0 Å². The van der Waals surface area contributed by atoms with E-state index >= 15 is 0 Å². The minimum atomic E-state index is 1.02. The van der Waals surface area contributed by atoms with Gasteiger partial charge in [0.05, 0.1) is 0 Å². The van der Waals surface area contributed by atoms with Gasteiger partial charge in [-0.15, -0.1) is 0 Å². The van der Waals surface area contributed by atoms with E-state index < -0.39 is 0 Å². The van der Waals surface area contributed by atoms with Gasteiger partial charge in [0.1, 0.15) is 0 Å². The molecule has 0 aliphatic heterocycles. The summed E-state index contributed by atoms with van der Waals surface area (Å²) < 4.78 is 0. The maximum atomic E-state index is 2.61. The predicted octanol–water partition coefficient (Wildman–Crippen LogP) is 5.28. The maximum absolute atomic E-state index is 2.61. The Labute approximate surface area is 108 Å². The van der Waals surface area contributed by atoms with Crippen molar-refractivity contribution in [3.8, 4) is 0 Å². The molecule has 0 heteroatoms. The molecule has 0 aromatic rings. The normalized spacial score (nSPS) is 51.2. The highest BCUT2D eigenvalue weighted by Gasteiger charge is 2.43. The van der Waals surface area contributed by atoms with Crippen LogP contribution in [0.4, 0.5) is 0 Å². The van der Waals surface area contributed by atoms with Crippen LogP contribution in [0.15, 0.2) is 0 Å². The van der Waals surface area contributed by atoms with Crippen molar-refractivity contribution in [3.05, 3.63) is 0 Å². The fourth-order valence-corrected chi connectivity index (χ4v) is 5.69. The first kappa shape index (κ1) is 12.1. The lowest BCUT2D eigenvalue weighted by Gasteiger charge is -2.45. The lowest BCUT2D eigenvalue weighted by atomic mass is 9.60. The summed E-state index contributed by atoms with van der Waals surface area (Å²) in [5, 5.41) is 0. The first-order chi connectivity index (χ1) is 8.27. The van der Waals surface area contributed by atoms with E-state index in [-0.39, 0.29) is 0 Å². The van der Waals surface area contributed by atoms with Crippen molar-refractivity contribution in [1.29, 1.82) is 0 Å².